The molecule has 2 rings (SSSR count). The van der Waals surface area contributed by atoms with Crippen LogP contribution in [0.2, 0.25) is 0 Å². The molecule has 0 aliphatic heterocycles. The lowest BCUT2D eigenvalue weighted by molar-refractivity contribution is -0.141. The van der Waals surface area contributed by atoms with Gasteiger partial charge >= 0.3 is 11.9 Å². The summed E-state index contributed by atoms with van der Waals surface area (Å²) in [4.78, 5) is 35.9. The predicted octanol–water partition coefficient (Wildman–Crippen LogP) is 1.65. The molecule has 27 heavy (non-hydrogen) atoms. The number of carboxylic acids is 1. The number of esters is 1. The summed E-state index contributed by atoms with van der Waals surface area (Å²) in [5.74, 6) is -2.28. The maximum absolute atomic E-state index is 12.9. The van der Waals surface area contributed by atoms with Crippen molar-refractivity contribution in [1.82, 2.24) is 4.57 Å². The molecule has 0 amide bonds. The summed E-state index contributed by atoms with van der Waals surface area (Å²) in [6.45, 7) is 0.974. The molecule has 0 saturated heterocycles. The minimum atomic E-state index is -1.19. The average Bonchev–Trinajstić information content (AvgIpc) is 2.64. The molecular formula is C19H21NO7. The van der Waals surface area contributed by atoms with Gasteiger partial charge in [-0.25, -0.2) is 0 Å². The number of hydrogen-bond donors (Lipinski definition) is 2. The molecule has 0 unspecified atom stereocenters. The van der Waals surface area contributed by atoms with Gasteiger partial charge in [0.15, 0.2) is 0 Å². The highest BCUT2D eigenvalue weighted by Crippen LogP contribution is 2.33. The second-order valence-electron chi connectivity index (χ2n) is 5.98. The Morgan fingerprint density at radius 1 is 1.19 bits per heavy atom. The number of aromatic hydroxyl groups is 1. The summed E-state index contributed by atoms with van der Waals surface area (Å²) in [6.07, 6.45) is -0.193. The fraction of sp³-hybridized carbons (Fsp3) is 0.316. The van der Waals surface area contributed by atoms with E-state index < -0.39 is 30.0 Å². The minimum absolute atomic E-state index is 0.0579. The number of aromatic nitrogens is 1. The Labute approximate surface area is 155 Å². The molecule has 0 fully saturated rings. The number of pyridine rings is 1. The van der Waals surface area contributed by atoms with E-state index in [1.807, 2.05) is 0 Å². The van der Waals surface area contributed by atoms with E-state index in [9.17, 15) is 19.5 Å². The van der Waals surface area contributed by atoms with Gasteiger partial charge in [0, 0.05) is 11.6 Å². The molecule has 1 atom stereocenters. The van der Waals surface area contributed by atoms with Gasteiger partial charge in [-0.05, 0) is 30.7 Å². The smallest absolute Gasteiger partial charge is 0.323 e. The van der Waals surface area contributed by atoms with Crippen LogP contribution in [0.1, 0.15) is 29.2 Å². The van der Waals surface area contributed by atoms with E-state index in [4.69, 9.17) is 14.6 Å². The van der Waals surface area contributed by atoms with E-state index in [0.717, 1.165) is 4.57 Å². The van der Waals surface area contributed by atoms with Crippen LogP contribution in [-0.2, 0) is 20.9 Å². The van der Waals surface area contributed by atoms with Crippen molar-refractivity contribution in [2.45, 2.75) is 25.8 Å². The van der Waals surface area contributed by atoms with Gasteiger partial charge in [-0.15, -0.1) is 0 Å². The number of aliphatic carboxylic acids is 1. The van der Waals surface area contributed by atoms with Gasteiger partial charge in [-0.1, -0.05) is 12.1 Å². The molecule has 144 valence electrons. The van der Waals surface area contributed by atoms with Crippen LogP contribution in [0, 0.1) is 6.92 Å². The van der Waals surface area contributed by atoms with E-state index >= 15 is 0 Å². The third-order valence-electron chi connectivity index (χ3n) is 4.28. The van der Waals surface area contributed by atoms with Gasteiger partial charge in [0.05, 0.1) is 26.2 Å². The maximum atomic E-state index is 12.9. The number of carbonyl (C=O) groups excluding carboxylic acids is 1. The van der Waals surface area contributed by atoms with E-state index in [0.29, 0.717) is 17.0 Å². The van der Waals surface area contributed by atoms with Crippen molar-refractivity contribution in [3.63, 3.8) is 0 Å². The van der Waals surface area contributed by atoms with Crippen molar-refractivity contribution in [3.8, 4) is 11.5 Å². The number of benzene rings is 1. The van der Waals surface area contributed by atoms with Gasteiger partial charge < -0.3 is 24.3 Å². The maximum Gasteiger partial charge on any atom is 0.323 e. The molecule has 2 aromatic rings. The zero-order valence-corrected chi connectivity index (χ0v) is 15.3. The van der Waals surface area contributed by atoms with E-state index in [2.05, 4.69) is 0 Å². The summed E-state index contributed by atoms with van der Waals surface area (Å²) >= 11 is 0. The number of nitrogens with zero attached hydrogens (tertiary/aromatic N) is 1. The van der Waals surface area contributed by atoms with Crippen molar-refractivity contribution in [2.75, 3.05) is 14.2 Å². The van der Waals surface area contributed by atoms with Crippen molar-refractivity contribution in [2.24, 2.45) is 0 Å². The number of carboxylic acid groups (broad SMARTS) is 1. The Bertz CT molecular complexity index is 900. The highest BCUT2D eigenvalue weighted by atomic mass is 16.5. The Balaban J connectivity index is 2.65. The lowest BCUT2D eigenvalue weighted by atomic mass is 9.88. The first-order chi connectivity index (χ1) is 12.8. The summed E-state index contributed by atoms with van der Waals surface area (Å²) in [6, 6.07) is 7.99. The monoisotopic (exact) mass is 375 g/mol. The number of hydrogen-bond acceptors (Lipinski definition) is 6. The predicted molar refractivity (Wildman–Crippen MR) is 96.2 cm³/mol. The standard InChI is InChI=1S/C19H21NO7/c1-11-8-15(21)18(19(25)20(11)10-16(22)23)14(9-17(24)27-3)12-4-6-13(26-2)7-5-12/h4-8,14,21H,9-10H2,1-3H3,(H,22,23)/t14-/m1/s1. The van der Waals surface area contributed by atoms with Crippen LogP contribution < -0.4 is 10.3 Å². The van der Waals surface area contributed by atoms with Crippen molar-refractivity contribution in [1.29, 1.82) is 0 Å². The fourth-order valence-corrected chi connectivity index (χ4v) is 2.90. The topological polar surface area (TPSA) is 115 Å². The minimum Gasteiger partial charge on any atom is -0.507 e. The third kappa shape index (κ3) is 4.46. The van der Waals surface area contributed by atoms with Crippen LogP contribution in [0.5, 0.6) is 11.5 Å². The van der Waals surface area contributed by atoms with Gasteiger partial charge in [-0.2, -0.15) is 0 Å². The molecule has 1 heterocycles. The quantitative estimate of drug-likeness (QED) is 0.707. The Morgan fingerprint density at radius 2 is 1.81 bits per heavy atom. The lowest BCUT2D eigenvalue weighted by Crippen LogP contribution is -2.30. The van der Waals surface area contributed by atoms with Crippen LogP contribution in [-0.4, -0.2) is 40.9 Å². The normalized spacial score (nSPS) is 11.7. The zero-order chi connectivity index (χ0) is 20.1. The molecule has 0 bridgehead atoms. The van der Waals surface area contributed by atoms with Gasteiger partial charge in [0.25, 0.3) is 5.56 Å². The van der Waals surface area contributed by atoms with Crippen LogP contribution in [0.3, 0.4) is 0 Å². The molecule has 8 heteroatoms. The highest BCUT2D eigenvalue weighted by molar-refractivity contribution is 5.71. The van der Waals surface area contributed by atoms with Crippen LogP contribution in [0.25, 0.3) is 0 Å². The second-order valence-corrected chi connectivity index (χ2v) is 5.98. The van der Waals surface area contributed by atoms with Crippen molar-refractivity contribution >= 4 is 11.9 Å². The van der Waals surface area contributed by atoms with E-state index in [1.165, 1.54) is 27.2 Å². The molecular weight excluding hydrogens is 354 g/mol. The van der Waals surface area contributed by atoms with Crippen molar-refractivity contribution in [3.05, 3.63) is 57.5 Å². The van der Waals surface area contributed by atoms with E-state index in [1.54, 1.807) is 24.3 Å². The second kappa shape index (κ2) is 8.39. The van der Waals surface area contributed by atoms with E-state index in [-0.39, 0.29) is 17.7 Å². The molecule has 2 N–H and O–H groups in total. The summed E-state index contributed by atoms with van der Waals surface area (Å²) in [7, 11) is 2.74. The first-order valence-corrected chi connectivity index (χ1v) is 8.14. The molecule has 0 spiro atoms. The zero-order valence-electron chi connectivity index (χ0n) is 15.3. The van der Waals surface area contributed by atoms with Gasteiger partial charge in [0.2, 0.25) is 0 Å². The number of ether oxygens (including phenoxy) is 2. The molecule has 0 saturated carbocycles. The first kappa shape index (κ1) is 20.0. The molecule has 0 aliphatic carbocycles. The number of carbonyl (C=O) groups is 2. The number of rotatable bonds is 7. The molecule has 0 aliphatic rings. The Morgan fingerprint density at radius 3 is 2.33 bits per heavy atom. The number of methoxy groups -OCH3 is 2. The summed E-state index contributed by atoms with van der Waals surface area (Å²) in [5.41, 5.74) is 0.159. The van der Waals surface area contributed by atoms with Crippen LogP contribution >= 0.6 is 0 Å². The SMILES string of the molecule is COC(=O)C[C@H](c1ccc(OC)cc1)c1c(O)cc(C)n(CC(=O)O)c1=O. The van der Waals surface area contributed by atoms with Gasteiger partial charge in [-0.3, -0.25) is 14.4 Å². The first-order valence-electron chi connectivity index (χ1n) is 8.14. The Hall–Kier alpha value is -3.29. The van der Waals surface area contributed by atoms with Crippen molar-refractivity contribution < 1.29 is 29.3 Å². The molecule has 0 radical (unpaired) electrons. The third-order valence-corrected chi connectivity index (χ3v) is 4.28. The fourth-order valence-electron chi connectivity index (χ4n) is 2.90. The van der Waals surface area contributed by atoms with Crippen LogP contribution in [0.15, 0.2) is 35.1 Å². The number of aryl methyl sites for hydroxylation is 1. The lowest BCUT2D eigenvalue weighted by Gasteiger charge is -2.20. The summed E-state index contributed by atoms with van der Waals surface area (Å²) in [5, 5.41) is 19.5. The highest BCUT2D eigenvalue weighted by Gasteiger charge is 2.27. The molecule has 8 nitrogen and oxygen atoms in total. The molecule has 1 aromatic heterocycles. The summed E-state index contributed by atoms with van der Waals surface area (Å²) < 4.78 is 10.9. The van der Waals surface area contributed by atoms with Gasteiger partial charge in [0.1, 0.15) is 18.0 Å². The average molecular weight is 375 g/mol. The Kier molecular flexibility index (Phi) is 6.23. The largest absolute Gasteiger partial charge is 0.507 e. The van der Waals surface area contributed by atoms with Crippen LogP contribution in [0.4, 0.5) is 0 Å². The molecule has 1 aromatic carbocycles.